The van der Waals surface area contributed by atoms with Gasteiger partial charge >= 0.3 is 0 Å². The van der Waals surface area contributed by atoms with Crippen LogP contribution < -0.4 is 11.1 Å². The molecule has 6 heteroatoms. The van der Waals surface area contributed by atoms with Gasteiger partial charge in [0, 0.05) is 15.5 Å². The van der Waals surface area contributed by atoms with Crippen LogP contribution in [0.3, 0.4) is 0 Å². The Hall–Kier alpha value is -2.63. The van der Waals surface area contributed by atoms with Gasteiger partial charge in [-0.3, -0.25) is 9.59 Å². The number of hydrogen-bond donors (Lipinski definition) is 2. The predicted octanol–water partition coefficient (Wildman–Crippen LogP) is 4.42. The van der Waals surface area contributed by atoms with Crippen molar-refractivity contribution in [2.24, 2.45) is 5.73 Å². The monoisotopic (exact) mass is 356 g/mol. The van der Waals surface area contributed by atoms with Gasteiger partial charge in [0.1, 0.15) is 5.00 Å². The van der Waals surface area contributed by atoms with Gasteiger partial charge in [-0.15, -0.1) is 11.3 Å². The number of carbonyl (C=O) groups excluding carboxylic acids is 2. The normalized spacial score (nSPS) is 10.4. The lowest BCUT2D eigenvalue weighted by atomic mass is 10.1. The van der Waals surface area contributed by atoms with Crippen molar-refractivity contribution in [2.75, 3.05) is 5.32 Å². The molecule has 0 fully saturated rings. The summed E-state index contributed by atoms with van der Waals surface area (Å²) in [6.45, 7) is 0. The van der Waals surface area contributed by atoms with Gasteiger partial charge in [0.15, 0.2) is 0 Å². The van der Waals surface area contributed by atoms with Crippen LogP contribution in [0.25, 0.3) is 10.4 Å². The van der Waals surface area contributed by atoms with Crippen molar-refractivity contribution in [3.63, 3.8) is 0 Å². The number of anilines is 1. The summed E-state index contributed by atoms with van der Waals surface area (Å²) in [5, 5.41) is 3.63. The SMILES string of the molecule is NC(=O)c1cc(-c2ccccc2)sc1NC(=O)c1cccc(Cl)c1. The minimum Gasteiger partial charge on any atom is -0.366 e. The Labute approximate surface area is 147 Å². The van der Waals surface area contributed by atoms with Crippen molar-refractivity contribution in [2.45, 2.75) is 0 Å². The van der Waals surface area contributed by atoms with Crippen molar-refractivity contribution >= 4 is 39.8 Å². The topological polar surface area (TPSA) is 72.2 Å². The molecular formula is C18H13ClN2O2S. The third-order valence-electron chi connectivity index (χ3n) is 3.37. The maximum Gasteiger partial charge on any atom is 0.256 e. The number of rotatable bonds is 4. The molecule has 1 heterocycles. The molecule has 3 rings (SSSR count). The van der Waals surface area contributed by atoms with Crippen molar-refractivity contribution in [1.82, 2.24) is 0 Å². The number of hydrogen-bond acceptors (Lipinski definition) is 3. The van der Waals surface area contributed by atoms with Gasteiger partial charge in [0.05, 0.1) is 5.56 Å². The lowest BCUT2D eigenvalue weighted by Crippen LogP contribution is -2.16. The zero-order chi connectivity index (χ0) is 17.1. The van der Waals surface area contributed by atoms with Crippen LogP contribution >= 0.6 is 22.9 Å². The molecule has 3 N–H and O–H groups in total. The first kappa shape index (κ1) is 16.2. The van der Waals surface area contributed by atoms with E-state index in [1.807, 2.05) is 30.3 Å². The second kappa shape index (κ2) is 6.86. The first-order valence-corrected chi connectivity index (χ1v) is 8.30. The maximum atomic E-state index is 12.4. The third kappa shape index (κ3) is 3.48. The van der Waals surface area contributed by atoms with E-state index in [2.05, 4.69) is 5.32 Å². The van der Waals surface area contributed by atoms with Gasteiger partial charge in [0.2, 0.25) is 0 Å². The molecule has 0 spiro atoms. The Morgan fingerprint density at radius 1 is 1.00 bits per heavy atom. The summed E-state index contributed by atoms with van der Waals surface area (Å²) in [4.78, 5) is 24.9. The Balaban J connectivity index is 1.94. The van der Waals surface area contributed by atoms with E-state index < -0.39 is 5.91 Å². The lowest BCUT2D eigenvalue weighted by molar-refractivity contribution is 0.100. The molecule has 1 aromatic heterocycles. The average Bonchev–Trinajstić information content (AvgIpc) is 3.00. The quantitative estimate of drug-likeness (QED) is 0.726. The average molecular weight is 357 g/mol. The van der Waals surface area contributed by atoms with Crippen LogP contribution in [0.4, 0.5) is 5.00 Å². The van der Waals surface area contributed by atoms with Crippen molar-refractivity contribution in [3.8, 4) is 10.4 Å². The molecule has 0 saturated heterocycles. The molecule has 2 aromatic carbocycles. The van der Waals surface area contributed by atoms with Crippen molar-refractivity contribution in [1.29, 1.82) is 0 Å². The predicted molar refractivity (Wildman–Crippen MR) is 97.7 cm³/mol. The zero-order valence-electron chi connectivity index (χ0n) is 12.5. The van der Waals surface area contributed by atoms with Crippen LogP contribution in [0.2, 0.25) is 5.02 Å². The number of nitrogens with one attached hydrogen (secondary N) is 1. The molecule has 0 aliphatic carbocycles. The molecule has 0 bridgehead atoms. The highest BCUT2D eigenvalue weighted by molar-refractivity contribution is 7.20. The second-order valence-electron chi connectivity index (χ2n) is 5.05. The Kier molecular flexibility index (Phi) is 4.64. The second-order valence-corrected chi connectivity index (χ2v) is 6.54. The van der Waals surface area contributed by atoms with E-state index in [9.17, 15) is 9.59 Å². The number of benzene rings is 2. The largest absolute Gasteiger partial charge is 0.366 e. The first-order chi connectivity index (χ1) is 11.5. The smallest absolute Gasteiger partial charge is 0.256 e. The van der Waals surface area contributed by atoms with Crippen LogP contribution in [0.5, 0.6) is 0 Å². The molecular weight excluding hydrogens is 344 g/mol. The molecule has 2 amide bonds. The number of carbonyl (C=O) groups is 2. The van der Waals surface area contributed by atoms with Crippen LogP contribution in [0.15, 0.2) is 60.7 Å². The lowest BCUT2D eigenvalue weighted by Gasteiger charge is -2.04. The number of thiophene rings is 1. The molecule has 3 aromatic rings. The van der Waals surface area contributed by atoms with E-state index in [0.717, 1.165) is 10.4 Å². The highest BCUT2D eigenvalue weighted by Gasteiger charge is 2.17. The van der Waals surface area contributed by atoms with Crippen LogP contribution in [0, 0.1) is 0 Å². The summed E-state index contributed by atoms with van der Waals surface area (Å²) in [5.74, 6) is -0.934. The summed E-state index contributed by atoms with van der Waals surface area (Å²) in [6.07, 6.45) is 0. The number of amides is 2. The Morgan fingerprint density at radius 3 is 2.42 bits per heavy atom. The molecule has 24 heavy (non-hydrogen) atoms. The summed E-state index contributed by atoms with van der Waals surface area (Å²) in [7, 11) is 0. The molecule has 0 unspecified atom stereocenters. The van der Waals surface area contributed by atoms with E-state index in [0.29, 0.717) is 15.6 Å². The van der Waals surface area contributed by atoms with Gasteiger partial charge in [-0.05, 0) is 29.8 Å². The van der Waals surface area contributed by atoms with Crippen molar-refractivity contribution < 1.29 is 9.59 Å². The number of primary amides is 1. The third-order valence-corrected chi connectivity index (χ3v) is 4.70. The highest BCUT2D eigenvalue weighted by atomic mass is 35.5. The van der Waals surface area contributed by atoms with E-state index in [1.165, 1.54) is 11.3 Å². The molecule has 0 aliphatic heterocycles. The maximum absolute atomic E-state index is 12.4. The summed E-state index contributed by atoms with van der Waals surface area (Å²) >= 11 is 7.21. The highest BCUT2D eigenvalue weighted by Crippen LogP contribution is 2.35. The van der Waals surface area contributed by atoms with Gasteiger partial charge in [-0.25, -0.2) is 0 Å². The van der Waals surface area contributed by atoms with E-state index in [-0.39, 0.29) is 11.5 Å². The molecule has 120 valence electrons. The minimum absolute atomic E-state index is 0.286. The zero-order valence-corrected chi connectivity index (χ0v) is 14.0. The van der Waals surface area contributed by atoms with Crippen LogP contribution in [-0.2, 0) is 0 Å². The standard InChI is InChI=1S/C18H13ClN2O2S/c19-13-8-4-7-12(9-13)17(23)21-18-14(16(20)22)10-15(24-18)11-5-2-1-3-6-11/h1-10H,(H2,20,22)(H,21,23). The van der Waals surface area contributed by atoms with E-state index in [1.54, 1.807) is 30.3 Å². The Morgan fingerprint density at radius 2 is 1.75 bits per heavy atom. The summed E-state index contributed by atoms with van der Waals surface area (Å²) < 4.78 is 0. The van der Waals surface area contributed by atoms with Gasteiger partial charge in [0.25, 0.3) is 11.8 Å². The van der Waals surface area contributed by atoms with Crippen molar-refractivity contribution in [3.05, 3.63) is 76.8 Å². The van der Waals surface area contributed by atoms with Gasteiger partial charge < -0.3 is 11.1 Å². The summed E-state index contributed by atoms with van der Waals surface area (Å²) in [6, 6.07) is 17.9. The fourth-order valence-corrected chi connectivity index (χ4v) is 3.47. The Bertz CT molecular complexity index is 906. The minimum atomic E-state index is -0.588. The van der Waals surface area contributed by atoms with E-state index in [4.69, 9.17) is 17.3 Å². The molecule has 4 nitrogen and oxygen atoms in total. The fraction of sp³-hybridized carbons (Fsp3) is 0. The number of halogens is 1. The summed E-state index contributed by atoms with van der Waals surface area (Å²) in [5.41, 5.74) is 7.09. The van der Waals surface area contributed by atoms with Gasteiger partial charge in [-0.2, -0.15) is 0 Å². The van der Waals surface area contributed by atoms with Crippen LogP contribution in [-0.4, -0.2) is 11.8 Å². The number of nitrogens with two attached hydrogens (primary N) is 1. The first-order valence-electron chi connectivity index (χ1n) is 7.10. The molecule has 0 saturated carbocycles. The molecule has 0 aliphatic rings. The molecule has 0 radical (unpaired) electrons. The van der Waals surface area contributed by atoms with Crippen LogP contribution in [0.1, 0.15) is 20.7 Å². The van der Waals surface area contributed by atoms with Gasteiger partial charge in [-0.1, -0.05) is 48.0 Å². The molecule has 0 atom stereocenters. The fourth-order valence-electron chi connectivity index (χ4n) is 2.22. The van der Waals surface area contributed by atoms with E-state index >= 15 is 0 Å².